The van der Waals surface area contributed by atoms with Crippen LogP contribution in [-0.4, -0.2) is 34.7 Å². The van der Waals surface area contributed by atoms with Gasteiger partial charge in [-0.1, -0.05) is 429 Å². The van der Waals surface area contributed by atoms with Crippen LogP contribution in [0.2, 0.25) is 0 Å². The van der Waals surface area contributed by atoms with Gasteiger partial charge in [0, 0.05) is 70.7 Å². The molecule has 119 heavy (non-hydrogen) atoms. The third kappa shape index (κ3) is 48.7. The average Bonchev–Trinajstić information content (AvgIpc) is 0.778. The van der Waals surface area contributed by atoms with E-state index in [1.807, 2.05) is 189 Å². The van der Waals surface area contributed by atoms with Crippen LogP contribution in [-0.2, 0) is 67.2 Å². The van der Waals surface area contributed by atoms with E-state index in [0.29, 0.717) is 108 Å². The topological polar surface area (TPSA) is 102 Å². The average molecular weight is 1640 g/mol. The number of carbonyl (C=O) groups is 6. The summed E-state index contributed by atoms with van der Waals surface area (Å²) in [6, 6.07) is 34.8. The van der Waals surface area contributed by atoms with E-state index in [0.717, 1.165) is 83.9 Å². The molecule has 0 radical (unpaired) electrons. The first kappa shape index (κ1) is 93.0. The lowest BCUT2D eigenvalue weighted by molar-refractivity contribution is -0.132. The van der Waals surface area contributed by atoms with Gasteiger partial charge in [0.1, 0.15) is 34.7 Å². The molecule has 0 saturated carbocycles. The molecule has 6 aromatic rings. The van der Waals surface area contributed by atoms with E-state index < -0.39 is 28.5 Å². The largest absolute Gasteiger partial charge is 0.299 e. The van der Waals surface area contributed by atoms with E-state index >= 15 is 0 Å². The third-order valence-corrected chi connectivity index (χ3v) is 20.1. The predicted molar refractivity (Wildman–Crippen MR) is 517 cm³/mol. The maximum absolute atomic E-state index is 12.9. The Bertz CT molecular complexity index is 4560. The molecule has 6 aromatic carbocycles. The maximum atomic E-state index is 12.9. The summed E-state index contributed by atoms with van der Waals surface area (Å²) >= 11 is 0. The van der Waals surface area contributed by atoms with Gasteiger partial charge in [0.15, 0.2) is 0 Å². The lowest BCUT2D eigenvalue weighted by Crippen LogP contribution is -2.32. The lowest BCUT2D eigenvalue weighted by atomic mass is 9.73. The lowest BCUT2D eigenvalue weighted by Gasteiger charge is -2.30. The summed E-state index contributed by atoms with van der Waals surface area (Å²) in [6.45, 7) is 83.3. The Balaban J connectivity index is 0.000000774. The fourth-order valence-corrected chi connectivity index (χ4v) is 14.7. The van der Waals surface area contributed by atoms with Crippen molar-refractivity contribution in [2.45, 2.75) is 361 Å². The Labute approximate surface area is 747 Å². The molecule has 0 amide bonds. The summed E-state index contributed by atoms with van der Waals surface area (Å²) in [5.41, 5.74) is 7.83. The molecule has 6 heteroatoms. The van der Waals surface area contributed by atoms with E-state index in [-0.39, 0.29) is 101 Å². The summed E-state index contributed by atoms with van der Waals surface area (Å²) < 4.78 is 81.2. The fourth-order valence-electron chi connectivity index (χ4n) is 14.7. The van der Waals surface area contributed by atoms with Crippen LogP contribution in [0, 0.1) is 135 Å². The predicted octanol–water partition coefficient (Wildman–Crippen LogP) is 30.9. The molecule has 0 fully saturated rings. The molecule has 0 N–H and O–H groups in total. The molecule has 0 aliphatic carbocycles. The fraction of sp³-hybridized carbons (Fsp3) is 0.628. The van der Waals surface area contributed by atoms with Gasteiger partial charge in [0.2, 0.25) is 0 Å². The number of ketones is 6. The van der Waals surface area contributed by atoms with Crippen LogP contribution in [0.4, 0.5) is 0 Å². The van der Waals surface area contributed by atoms with Gasteiger partial charge in [-0.25, -0.2) is 0 Å². The summed E-state index contributed by atoms with van der Waals surface area (Å²) in [7, 11) is 0. The first-order chi connectivity index (χ1) is 57.6. The highest BCUT2D eigenvalue weighted by atomic mass is 16.1. The Hall–Kier alpha value is -6.66. The van der Waals surface area contributed by atoms with Crippen LogP contribution in [0.25, 0.3) is 0 Å². The molecule has 6 nitrogen and oxygen atoms in total. The highest BCUT2D eigenvalue weighted by molar-refractivity contribution is 5.89. The molecule has 0 heterocycles. The summed E-state index contributed by atoms with van der Waals surface area (Å²) in [6.07, 6.45) is 6.07. The standard InChI is InChI=1S/5C19H30O.C18H28O/c4*1-14-8-10-15(11-9-14)12-16(13-18(2,3)4)17(20)19(5,6)7;1-14-9-8-10-15(11-14)12-16(13-18(2,3)4)17(20)19(5,6)7;1-17(2,3)13-15(16(19)18(4,5)6)12-14-10-8-7-9-11-14/h5*8-11,16H,12-13H2,1-7H3;7-11,15H,12-13H2,1-6H3/t5*16-;15-/m111111/s1/i10D,11D;8D,9D;12D2;2*8D;10D,11D. The monoisotopic (exact) mass is 1640 g/mol. The molecular weight excluding hydrogens is 1450 g/mol. The Kier molecular flexibility index (Phi) is 36.1. The second-order valence-electron chi connectivity index (χ2n) is 48.0. The minimum absolute atomic E-state index is 0.00648. The SMILES string of the molecule is [2H]C([2H])(c1ccc(C)cc1)[C@H](CC(C)(C)C)C(=O)C(C)(C)C.[2H]c1cc(C)cc(C[C@H](CC(C)(C)C)C(=O)C(C)(C)C)c1.[2H]c1cc(C)cc([2H])c1C[C@H](CC(C)(C)C)C(=O)C(C)(C)C.[2H]c1cc(C[C@H](CC(C)(C)C)C(=O)C(C)(C)C)cc([2H])c1C.[2H]c1cc(C[C@H](CC(C)(C)C)C(=O)C(C)(C)C)ccc1C.[2H]c1cccc([2H])c1C[C@H](CC(C)(C)C)C(=O)C(C)(C)C. The Morgan fingerprint density at radius 2 is 0.479 bits per heavy atom. The van der Waals surface area contributed by atoms with Gasteiger partial charge in [-0.2, -0.15) is 0 Å². The van der Waals surface area contributed by atoms with Gasteiger partial charge >= 0.3 is 0 Å². The number of benzene rings is 6. The summed E-state index contributed by atoms with van der Waals surface area (Å²) in [5, 5.41) is 0. The molecule has 0 spiro atoms. The van der Waals surface area contributed by atoms with Crippen molar-refractivity contribution < 1.29 is 42.5 Å². The van der Waals surface area contributed by atoms with Crippen LogP contribution in [0.1, 0.15) is 363 Å². The number of carbonyl (C=O) groups excluding carboxylic acids is 6. The van der Waals surface area contributed by atoms with Gasteiger partial charge in [-0.3, -0.25) is 28.8 Å². The molecule has 0 unspecified atom stereocenters. The van der Waals surface area contributed by atoms with E-state index in [1.54, 1.807) is 61.5 Å². The van der Waals surface area contributed by atoms with Crippen LogP contribution in [0.5, 0.6) is 0 Å². The minimum Gasteiger partial charge on any atom is -0.299 e. The first-order valence-electron chi connectivity index (χ1n) is 49.2. The van der Waals surface area contributed by atoms with Gasteiger partial charge < -0.3 is 0 Å². The van der Waals surface area contributed by atoms with Crippen LogP contribution in [0.3, 0.4) is 0 Å². The molecule has 0 aliphatic heterocycles. The third-order valence-electron chi connectivity index (χ3n) is 20.1. The zero-order chi connectivity index (χ0) is 101. The van der Waals surface area contributed by atoms with Gasteiger partial charge in [-0.05, 0) is 177 Å². The normalized spacial score (nSPS) is 15.5. The van der Waals surface area contributed by atoms with E-state index in [9.17, 15) is 28.8 Å². The van der Waals surface area contributed by atoms with Crippen LogP contribution >= 0.6 is 0 Å². The molecule has 0 aromatic heterocycles. The van der Waals surface area contributed by atoms with Crippen molar-refractivity contribution in [2.24, 2.45) is 100 Å². The molecule has 6 rings (SSSR count). The number of Topliss-reactive ketones (excluding diaryl/α,β-unsaturated/α-hetero) is 6. The zero-order valence-electron chi connectivity index (χ0n) is 93.5. The summed E-state index contributed by atoms with van der Waals surface area (Å²) in [5.74, 6) is 0.400. The van der Waals surface area contributed by atoms with E-state index in [1.165, 1.54) is 0 Å². The molecular formula is C113H178O6. The molecule has 0 aliphatic rings. The highest BCUT2D eigenvalue weighted by Crippen LogP contribution is 2.39. The van der Waals surface area contributed by atoms with Crippen molar-refractivity contribution in [1.82, 2.24) is 0 Å². The first-order valence-corrected chi connectivity index (χ1v) is 44.2. The van der Waals surface area contributed by atoms with Gasteiger partial charge in [0.25, 0.3) is 0 Å². The smallest absolute Gasteiger partial charge is 0.141 e. The van der Waals surface area contributed by atoms with Crippen molar-refractivity contribution >= 4 is 34.7 Å². The van der Waals surface area contributed by atoms with Crippen molar-refractivity contribution in [3.05, 3.63) is 213 Å². The quantitative estimate of drug-likeness (QED) is 0.0598. The second-order valence-corrected chi connectivity index (χ2v) is 48.0. The zero-order valence-corrected chi connectivity index (χ0v) is 83.5. The number of aryl methyl sites for hydroxylation is 4. The molecule has 0 bridgehead atoms. The van der Waals surface area contributed by atoms with Crippen molar-refractivity contribution in [1.29, 1.82) is 0 Å². The summed E-state index contributed by atoms with van der Waals surface area (Å²) in [4.78, 5) is 76.8. The molecule has 6 atom stereocenters. The van der Waals surface area contributed by atoms with Gasteiger partial charge in [0.05, 0.1) is 11.0 Å². The van der Waals surface area contributed by atoms with Gasteiger partial charge in [-0.15, -0.1) is 0 Å². The van der Waals surface area contributed by atoms with Crippen molar-refractivity contribution in [3.63, 3.8) is 0 Å². The van der Waals surface area contributed by atoms with Crippen molar-refractivity contribution in [3.8, 4) is 0 Å². The maximum Gasteiger partial charge on any atom is 0.141 e. The Morgan fingerprint density at radius 3 is 0.773 bits per heavy atom. The van der Waals surface area contributed by atoms with E-state index in [2.05, 4.69) is 137 Å². The molecule has 0 saturated heterocycles. The van der Waals surface area contributed by atoms with E-state index in [4.69, 9.17) is 13.7 Å². The van der Waals surface area contributed by atoms with Crippen LogP contribution in [0.15, 0.2) is 151 Å². The minimum atomic E-state index is -1.66. The van der Waals surface area contributed by atoms with Crippen molar-refractivity contribution in [2.75, 3.05) is 0 Å². The molecule has 666 valence electrons. The highest BCUT2D eigenvalue weighted by Gasteiger charge is 2.39. The number of hydrogen-bond donors (Lipinski definition) is 0. The number of hydrogen-bond acceptors (Lipinski definition) is 6. The number of rotatable bonds is 24. The second kappa shape index (κ2) is 46.2. The Morgan fingerprint density at radius 1 is 0.235 bits per heavy atom. The van der Waals surface area contributed by atoms with Crippen LogP contribution < -0.4 is 0 Å².